The number of hydrogen-bond acceptors (Lipinski definition) is 2. The van der Waals surface area contributed by atoms with E-state index >= 15 is 0 Å². The van der Waals surface area contributed by atoms with Crippen LogP contribution in [0, 0.1) is 0 Å². The fourth-order valence-corrected chi connectivity index (χ4v) is 3.68. The van der Waals surface area contributed by atoms with E-state index in [4.69, 9.17) is 4.74 Å². The zero-order valence-electron chi connectivity index (χ0n) is 13.9. The number of rotatable bonds is 3. The third-order valence-electron chi connectivity index (χ3n) is 4.62. The Morgan fingerprint density at radius 1 is 1.17 bits per heavy atom. The number of amides is 1. The van der Waals surface area contributed by atoms with Crippen molar-refractivity contribution in [3.05, 3.63) is 64.1 Å². The number of carbonyl (C=O) groups excluding carboxylic acids is 1. The zero-order chi connectivity index (χ0) is 16.9. The van der Waals surface area contributed by atoms with Crippen molar-refractivity contribution in [1.29, 1.82) is 0 Å². The molecule has 2 aromatic rings. The molecule has 1 unspecified atom stereocenters. The van der Waals surface area contributed by atoms with Crippen LogP contribution in [0.2, 0.25) is 0 Å². The van der Waals surface area contributed by atoms with Crippen LogP contribution in [0.15, 0.2) is 53.0 Å². The lowest BCUT2D eigenvalue weighted by Gasteiger charge is -2.25. The molecule has 1 aliphatic rings. The van der Waals surface area contributed by atoms with Crippen LogP contribution in [0.5, 0.6) is 5.75 Å². The summed E-state index contributed by atoms with van der Waals surface area (Å²) in [7, 11) is 1.68. The summed E-state index contributed by atoms with van der Waals surface area (Å²) in [6.07, 6.45) is 3.33. The van der Waals surface area contributed by atoms with Crippen molar-refractivity contribution in [2.24, 2.45) is 0 Å². The van der Waals surface area contributed by atoms with Gasteiger partial charge in [-0.1, -0.05) is 40.5 Å². The minimum atomic E-state index is 0.122. The first-order valence-corrected chi connectivity index (χ1v) is 9.15. The standard InChI is InChI=1S/C20H22BrNO2/c1-24-19-10-8-15(9-11-19)17-5-2-3-12-22(14-17)20(23)16-6-4-7-18(21)13-16/h4,6-11,13,17H,2-3,5,12,14H2,1H3. The topological polar surface area (TPSA) is 29.5 Å². The highest BCUT2D eigenvalue weighted by atomic mass is 79.9. The number of ether oxygens (including phenoxy) is 1. The summed E-state index contributed by atoms with van der Waals surface area (Å²) in [4.78, 5) is 14.9. The van der Waals surface area contributed by atoms with E-state index in [2.05, 4.69) is 28.1 Å². The van der Waals surface area contributed by atoms with Crippen molar-refractivity contribution in [1.82, 2.24) is 4.90 Å². The highest BCUT2D eigenvalue weighted by molar-refractivity contribution is 9.10. The molecule has 1 amide bonds. The first-order chi connectivity index (χ1) is 11.7. The van der Waals surface area contributed by atoms with Crippen LogP contribution in [0.25, 0.3) is 0 Å². The minimum Gasteiger partial charge on any atom is -0.497 e. The van der Waals surface area contributed by atoms with Crippen LogP contribution >= 0.6 is 15.9 Å². The highest BCUT2D eigenvalue weighted by Crippen LogP contribution is 2.28. The van der Waals surface area contributed by atoms with Crippen LogP contribution in [-0.2, 0) is 0 Å². The van der Waals surface area contributed by atoms with Gasteiger partial charge in [-0.15, -0.1) is 0 Å². The summed E-state index contributed by atoms with van der Waals surface area (Å²) in [5.41, 5.74) is 2.03. The Morgan fingerprint density at radius 3 is 2.67 bits per heavy atom. The second-order valence-corrected chi connectivity index (χ2v) is 7.14. The van der Waals surface area contributed by atoms with Crippen molar-refractivity contribution in [2.75, 3.05) is 20.2 Å². The quantitative estimate of drug-likeness (QED) is 0.751. The van der Waals surface area contributed by atoms with E-state index < -0.39 is 0 Å². The average molecular weight is 388 g/mol. The molecule has 0 radical (unpaired) electrons. The van der Waals surface area contributed by atoms with Gasteiger partial charge in [0.2, 0.25) is 0 Å². The van der Waals surface area contributed by atoms with E-state index in [9.17, 15) is 4.79 Å². The predicted octanol–water partition coefficient (Wildman–Crippen LogP) is 4.87. The Balaban J connectivity index is 1.77. The lowest BCUT2D eigenvalue weighted by atomic mass is 9.94. The summed E-state index contributed by atoms with van der Waals surface area (Å²) in [5.74, 6) is 1.38. The molecule has 0 aliphatic carbocycles. The average Bonchev–Trinajstić information content (AvgIpc) is 2.87. The Hall–Kier alpha value is -1.81. The SMILES string of the molecule is COc1ccc(C2CCCCN(C(=O)c3cccc(Br)c3)C2)cc1. The molecule has 24 heavy (non-hydrogen) atoms. The van der Waals surface area contributed by atoms with Gasteiger partial charge in [0, 0.05) is 29.0 Å². The maximum absolute atomic E-state index is 12.9. The zero-order valence-corrected chi connectivity index (χ0v) is 15.5. The molecule has 3 nitrogen and oxygen atoms in total. The highest BCUT2D eigenvalue weighted by Gasteiger charge is 2.24. The van der Waals surface area contributed by atoms with Gasteiger partial charge in [-0.25, -0.2) is 0 Å². The van der Waals surface area contributed by atoms with Crippen LogP contribution in [-0.4, -0.2) is 31.0 Å². The summed E-state index contributed by atoms with van der Waals surface area (Å²) in [5, 5.41) is 0. The van der Waals surface area contributed by atoms with Crippen molar-refractivity contribution < 1.29 is 9.53 Å². The monoisotopic (exact) mass is 387 g/mol. The minimum absolute atomic E-state index is 0.122. The van der Waals surface area contributed by atoms with Gasteiger partial charge in [0.1, 0.15) is 5.75 Å². The molecule has 4 heteroatoms. The molecular formula is C20H22BrNO2. The Kier molecular flexibility index (Phi) is 5.56. The van der Waals surface area contributed by atoms with E-state index in [0.29, 0.717) is 5.92 Å². The summed E-state index contributed by atoms with van der Waals surface area (Å²) < 4.78 is 6.18. The fraction of sp³-hybridized carbons (Fsp3) is 0.350. The number of hydrogen-bond donors (Lipinski definition) is 0. The smallest absolute Gasteiger partial charge is 0.253 e. The van der Waals surface area contributed by atoms with Gasteiger partial charge < -0.3 is 9.64 Å². The van der Waals surface area contributed by atoms with Crippen molar-refractivity contribution >= 4 is 21.8 Å². The summed E-state index contributed by atoms with van der Waals surface area (Å²) >= 11 is 3.45. The number of carbonyl (C=O) groups is 1. The Labute approximate surface area is 151 Å². The molecule has 0 spiro atoms. The van der Waals surface area contributed by atoms with Gasteiger partial charge in [0.25, 0.3) is 5.91 Å². The second kappa shape index (κ2) is 7.84. The van der Waals surface area contributed by atoms with Gasteiger partial charge in [0.15, 0.2) is 0 Å². The molecule has 0 bridgehead atoms. The van der Waals surface area contributed by atoms with Crippen LogP contribution < -0.4 is 4.74 Å². The fourth-order valence-electron chi connectivity index (χ4n) is 3.28. The van der Waals surface area contributed by atoms with E-state index in [1.54, 1.807) is 7.11 Å². The molecule has 126 valence electrons. The normalized spacial score (nSPS) is 18.1. The summed E-state index contributed by atoms with van der Waals surface area (Å²) in [6.45, 7) is 1.61. The molecule has 0 aromatic heterocycles. The number of benzene rings is 2. The first-order valence-electron chi connectivity index (χ1n) is 8.36. The molecular weight excluding hydrogens is 366 g/mol. The van der Waals surface area contributed by atoms with Crippen molar-refractivity contribution in [3.63, 3.8) is 0 Å². The van der Waals surface area contributed by atoms with Crippen LogP contribution in [0.1, 0.15) is 41.1 Å². The molecule has 0 N–H and O–H groups in total. The molecule has 3 rings (SSSR count). The van der Waals surface area contributed by atoms with E-state index in [1.165, 1.54) is 5.56 Å². The number of methoxy groups -OCH3 is 1. The molecule has 1 aliphatic heterocycles. The third kappa shape index (κ3) is 3.99. The van der Waals surface area contributed by atoms with Gasteiger partial charge in [-0.05, 0) is 48.7 Å². The number of halogens is 1. The molecule has 0 saturated carbocycles. The van der Waals surface area contributed by atoms with Crippen molar-refractivity contribution in [3.8, 4) is 5.75 Å². The molecule has 1 fully saturated rings. The first kappa shape index (κ1) is 17.0. The van der Waals surface area contributed by atoms with E-state index in [-0.39, 0.29) is 5.91 Å². The van der Waals surface area contributed by atoms with Gasteiger partial charge >= 0.3 is 0 Å². The molecule has 1 saturated heterocycles. The van der Waals surface area contributed by atoms with Crippen molar-refractivity contribution in [2.45, 2.75) is 25.2 Å². The Morgan fingerprint density at radius 2 is 1.96 bits per heavy atom. The van der Waals surface area contributed by atoms with Gasteiger partial charge in [0.05, 0.1) is 7.11 Å². The molecule has 1 heterocycles. The molecule has 1 atom stereocenters. The largest absolute Gasteiger partial charge is 0.497 e. The lowest BCUT2D eigenvalue weighted by Crippen LogP contribution is -2.34. The second-order valence-electron chi connectivity index (χ2n) is 6.23. The lowest BCUT2D eigenvalue weighted by molar-refractivity contribution is 0.0754. The number of likely N-dealkylation sites (tertiary alicyclic amines) is 1. The van der Waals surface area contributed by atoms with Crippen LogP contribution in [0.3, 0.4) is 0 Å². The van der Waals surface area contributed by atoms with Gasteiger partial charge in [-0.2, -0.15) is 0 Å². The maximum atomic E-state index is 12.9. The third-order valence-corrected chi connectivity index (χ3v) is 5.11. The maximum Gasteiger partial charge on any atom is 0.253 e. The molecule has 2 aromatic carbocycles. The predicted molar refractivity (Wildman–Crippen MR) is 99.6 cm³/mol. The van der Waals surface area contributed by atoms with E-state index in [0.717, 1.165) is 48.1 Å². The van der Waals surface area contributed by atoms with E-state index in [1.807, 2.05) is 41.3 Å². The van der Waals surface area contributed by atoms with Gasteiger partial charge in [-0.3, -0.25) is 4.79 Å². The number of nitrogens with zero attached hydrogens (tertiary/aromatic N) is 1. The Bertz CT molecular complexity index is 699. The van der Waals surface area contributed by atoms with Crippen LogP contribution in [0.4, 0.5) is 0 Å². The summed E-state index contributed by atoms with van der Waals surface area (Å²) in [6, 6.07) is 15.9.